The maximum absolute atomic E-state index is 13.3. The largest absolute Gasteiger partial charge is 0.372 e. The molecule has 1 saturated heterocycles. The molecule has 214 valence electrons. The molecule has 0 bridgehead atoms. The summed E-state index contributed by atoms with van der Waals surface area (Å²) in [5, 5.41) is 6.48. The van der Waals surface area contributed by atoms with Gasteiger partial charge >= 0.3 is 0 Å². The van der Waals surface area contributed by atoms with E-state index < -0.39 is 0 Å². The Kier molecular flexibility index (Phi) is 12.5. The lowest BCUT2D eigenvalue weighted by molar-refractivity contribution is -0.119. The van der Waals surface area contributed by atoms with E-state index in [0.717, 1.165) is 68.9 Å². The number of nitrogens with one attached hydrogen (secondary N) is 2. The van der Waals surface area contributed by atoms with Gasteiger partial charge in [0, 0.05) is 58.9 Å². The third kappa shape index (κ3) is 9.53. The number of hydrogen-bond acceptors (Lipinski definition) is 5. The van der Waals surface area contributed by atoms with Gasteiger partial charge in [-0.1, -0.05) is 57.4 Å². The molecule has 0 aromatic heterocycles. The van der Waals surface area contributed by atoms with E-state index in [9.17, 15) is 9.59 Å². The fourth-order valence-corrected chi connectivity index (χ4v) is 5.33. The number of hydrogen-bond donors (Lipinski definition) is 2. The van der Waals surface area contributed by atoms with Crippen LogP contribution in [0.2, 0.25) is 0 Å². The Balaban J connectivity index is 1.52. The number of nitrogens with zero attached hydrogens (tertiary/aromatic N) is 4. The second kappa shape index (κ2) is 16.1. The molecule has 8 heteroatoms. The summed E-state index contributed by atoms with van der Waals surface area (Å²) in [4.78, 5) is 36.7. The van der Waals surface area contributed by atoms with E-state index in [2.05, 4.69) is 34.0 Å². The van der Waals surface area contributed by atoms with Crippen LogP contribution in [0.4, 0.5) is 0 Å². The number of amides is 2. The first-order valence-electron chi connectivity index (χ1n) is 14.6. The smallest absolute Gasteiger partial charge is 0.269 e. The summed E-state index contributed by atoms with van der Waals surface area (Å²) in [7, 11) is 3.80. The maximum Gasteiger partial charge on any atom is 0.269 e. The van der Waals surface area contributed by atoms with Gasteiger partial charge in [0.25, 0.3) is 11.8 Å². The van der Waals surface area contributed by atoms with Crippen molar-refractivity contribution in [3.05, 3.63) is 59.4 Å². The van der Waals surface area contributed by atoms with Gasteiger partial charge in [0.1, 0.15) is 5.70 Å². The minimum atomic E-state index is -0.0679. The van der Waals surface area contributed by atoms with Gasteiger partial charge in [-0.3, -0.25) is 19.5 Å². The van der Waals surface area contributed by atoms with Crippen molar-refractivity contribution in [2.45, 2.75) is 51.9 Å². The van der Waals surface area contributed by atoms with Crippen molar-refractivity contribution in [1.29, 1.82) is 0 Å². The molecule has 1 aromatic rings. The summed E-state index contributed by atoms with van der Waals surface area (Å²) in [6.07, 6.45) is 9.66. The highest BCUT2D eigenvalue weighted by Crippen LogP contribution is 2.23. The molecule has 3 rings (SSSR count). The Morgan fingerprint density at radius 3 is 2.41 bits per heavy atom. The van der Waals surface area contributed by atoms with E-state index in [0.29, 0.717) is 18.2 Å². The van der Waals surface area contributed by atoms with Gasteiger partial charge in [-0.2, -0.15) is 0 Å². The summed E-state index contributed by atoms with van der Waals surface area (Å²) in [6, 6.07) is 9.47. The number of piperazine rings is 1. The summed E-state index contributed by atoms with van der Waals surface area (Å²) < 4.78 is 0. The van der Waals surface area contributed by atoms with Gasteiger partial charge in [0.2, 0.25) is 0 Å². The molecule has 1 saturated carbocycles. The molecule has 1 aromatic carbocycles. The van der Waals surface area contributed by atoms with E-state index in [4.69, 9.17) is 0 Å². The average Bonchev–Trinajstić information content (AvgIpc) is 2.96. The lowest BCUT2D eigenvalue weighted by Crippen LogP contribution is -2.49. The molecule has 2 amide bonds. The molecule has 1 heterocycles. The lowest BCUT2D eigenvalue weighted by atomic mass is 9.89. The topological polar surface area (TPSA) is 80.3 Å². The molecule has 39 heavy (non-hydrogen) atoms. The first-order chi connectivity index (χ1) is 18.9. The van der Waals surface area contributed by atoms with Crippen LogP contribution in [0.5, 0.6) is 0 Å². The number of aliphatic imine (C=N–C) groups is 1. The normalized spacial score (nSPS) is 17.6. The summed E-state index contributed by atoms with van der Waals surface area (Å²) in [5.41, 5.74) is 2.98. The first-order valence-corrected chi connectivity index (χ1v) is 14.6. The van der Waals surface area contributed by atoms with Crippen LogP contribution in [0.15, 0.2) is 58.9 Å². The van der Waals surface area contributed by atoms with Crippen molar-refractivity contribution in [2.24, 2.45) is 10.9 Å². The monoisotopic (exact) mass is 536 g/mol. The molecule has 2 N–H and O–H groups in total. The van der Waals surface area contributed by atoms with Crippen molar-refractivity contribution < 1.29 is 9.59 Å². The highest BCUT2D eigenvalue weighted by Gasteiger charge is 2.23. The van der Waals surface area contributed by atoms with Crippen molar-refractivity contribution in [1.82, 2.24) is 25.3 Å². The zero-order valence-corrected chi connectivity index (χ0v) is 24.3. The average molecular weight is 537 g/mol. The molecule has 0 spiro atoms. The Bertz CT molecular complexity index is 990. The SMILES string of the molecule is C=C(CCC)/C(NC=NCCN1CCN(C(=O)c2ccccc2)CC1)=C(/C(=O)NCC1CCCCC1)N(C)C. The molecular formula is C31H48N6O2. The van der Waals surface area contributed by atoms with E-state index >= 15 is 0 Å². The van der Waals surface area contributed by atoms with Crippen molar-refractivity contribution in [2.75, 3.05) is 59.9 Å². The molecule has 8 nitrogen and oxygen atoms in total. The molecule has 0 radical (unpaired) electrons. The third-order valence-corrected chi connectivity index (χ3v) is 7.61. The number of carbonyl (C=O) groups is 2. The zero-order chi connectivity index (χ0) is 28.0. The second-order valence-corrected chi connectivity index (χ2v) is 10.9. The van der Waals surface area contributed by atoms with Crippen molar-refractivity contribution in [3.8, 4) is 0 Å². The van der Waals surface area contributed by atoms with Gasteiger partial charge < -0.3 is 20.4 Å². The van der Waals surface area contributed by atoms with Crippen molar-refractivity contribution >= 4 is 18.2 Å². The Morgan fingerprint density at radius 2 is 1.77 bits per heavy atom. The fraction of sp³-hybridized carbons (Fsp3) is 0.581. The predicted molar refractivity (Wildman–Crippen MR) is 160 cm³/mol. The van der Waals surface area contributed by atoms with Crippen molar-refractivity contribution in [3.63, 3.8) is 0 Å². The van der Waals surface area contributed by atoms with Gasteiger partial charge in [0.05, 0.1) is 18.6 Å². The first kappa shape index (κ1) is 30.4. The minimum Gasteiger partial charge on any atom is -0.372 e. The van der Waals surface area contributed by atoms with Gasteiger partial charge in [-0.25, -0.2) is 0 Å². The van der Waals surface area contributed by atoms with Gasteiger partial charge in [-0.05, 0) is 42.9 Å². The quantitative estimate of drug-likeness (QED) is 0.173. The van der Waals surface area contributed by atoms with Crippen LogP contribution in [-0.4, -0.2) is 92.8 Å². The minimum absolute atomic E-state index is 0.0679. The van der Waals surface area contributed by atoms with Crippen LogP contribution in [0.1, 0.15) is 62.2 Å². The lowest BCUT2D eigenvalue weighted by Gasteiger charge is -2.34. The Labute approximate surface area is 235 Å². The van der Waals surface area contributed by atoms with Crippen LogP contribution < -0.4 is 10.6 Å². The maximum atomic E-state index is 13.3. The van der Waals surface area contributed by atoms with Crippen LogP contribution >= 0.6 is 0 Å². The Hall–Kier alpha value is -3.13. The van der Waals surface area contributed by atoms with E-state index in [1.165, 1.54) is 32.1 Å². The highest BCUT2D eigenvalue weighted by molar-refractivity contribution is 5.95. The van der Waals surface area contributed by atoms with E-state index in [1.807, 2.05) is 54.2 Å². The number of likely N-dealkylation sites (N-methyl/N-ethyl adjacent to an activating group) is 1. The van der Waals surface area contributed by atoms with Crippen LogP contribution in [0, 0.1) is 5.92 Å². The Morgan fingerprint density at radius 1 is 1.08 bits per heavy atom. The molecule has 2 fully saturated rings. The third-order valence-electron chi connectivity index (χ3n) is 7.61. The molecule has 1 aliphatic carbocycles. The van der Waals surface area contributed by atoms with Gasteiger partial charge in [-0.15, -0.1) is 0 Å². The van der Waals surface area contributed by atoms with Crippen LogP contribution in [0.3, 0.4) is 0 Å². The number of benzene rings is 1. The van der Waals surface area contributed by atoms with Crippen LogP contribution in [-0.2, 0) is 4.79 Å². The van der Waals surface area contributed by atoms with E-state index in [-0.39, 0.29) is 11.8 Å². The highest BCUT2D eigenvalue weighted by atomic mass is 16.2. The van der Waals surface area contributed by atoms with E-state index in [1.54, 1.807) is 6.34 Å². The summed E-state index contributed by atoms with van der Waals surface area (Å²) >= 11 is 0. The molecular weight excluding hydrogens is 488 g/mol. The molecule has 1 aliphatic heterocycles. The number of carbonyl (C=O) groups excluding carboxylic acids is 2. The number of allylic oxidation sites excluding steroid dienone is 1. The second-order valence-electron chi connectivity index (χ2n) is 10.9. The predicted octanol–water partition coefficient (Wildman–Crippen LogP) is 3.89. The fourth-order valence-electron chi connectivity index (χ4n) is 5.33. The van der Waals surface area contributed by atoms with Crippen LogP contribution in [0.25, 0.3) is 0 Å². The zero-order valence-electron chi connectivity index (χ0n) is 24.3. The summed E-state index contributed by atoms with van der Waals surface area (Å²) in [6.45, 7) is 11.7. The standard InChI is InChI=1S/C31H48N6O2/c1-5-12-25(2)28(29(35(3)4)30(38)33-23-26-13-8-6-9-14-26)34-24-32-17-18-36-19-21-37(22-20-36)31(39)27-15-10-7-11-16-27/h7,10-11,15-16,24,26H,2,5-6,8-9,12-14,17-23H2,1,3-4H3,(H,32,34)(H,33,38)/b29-28+. The molecule has 0 unspecified atom stereocenters. The number of rotatable bonds is 13. The molecule has 2 aliphatic rings. The summed E-state index contributed by atoms with van der Waals surface area (Å²) in [5.74, 6) is 0.603. The molecule has 0 atom stereocenters. The van der Waals surface area contributed by atoms with Gasteiger partial charge in [0.15, 0.2) is 0 Å².